The van der Waals surface area contributed by atoms with Gasteiger partial charge in [-0.3, -0.25) is 0 Å². The zero-order valence-electron chi connectivity index (χ0n) is 35.5. The van der Waals surface area contributed by atoms with Gasteiger partial charge in [0.1, 0.15) is 11.2 Å². The summed E-state index contributed by atoms with van der Waals surface area (Å²) in [6.07, 6.45) is 0. The fourth-order valence-electron chi connectivity index (χ4n) is 10.2. The Kier molecular flexibility index (Phi) is 7.91. The van der Waals surface area contributed by atoms with E-state index in [1.165, 1.54) is 32.3 Å². The first kappa shape index (κ1) is 36.5. The van der Waals surface area contributed by atoms with Crippen LogP contribution in [0.4, 0.5) is 0 Å². The second kappa shape index (κ2) is 14.3. The van der Waals surface area contributed by atoms with Gasteiger partial charge in [0, 0.05) is 43.7 Å². The molecule has 14 rings (SSSR count). The molecule has 0 saturated carbocycles. The maximum atomic E-state index is 7.12. The van der Waals surface area contributed by atoms with E-state index in [9.17, 15) is 0 Å². The van der Waals surface area contributed by atoms with Crippen molar-refractivity contribution in [1.29, 1.82) is 0 Å². The van der Waals surface area contributed by atoms with Gasteiger partial charge in [-0.1, -0.05) is 176 Å². The molecular weight excluding hydrogens is 805 g/mol. The van der Waals surface area contributed by atoms with Gasteiger partial charge >= 0.3 is 0 Å². The molecule has 0 aliphatic rings. The molecule has 3 aromatic heterocycles. The van der Waals surface area contributed by atoms with Crippen molar-refractivity contribution in [2.75, 3.05) is 0 Å². The van der Waals surface area contributed by atoms with Crippen molar-refractivity contribution in [2.24, 2.45) is 0 Å². The van der Waals surface area contributed by atoms with Gasteiger partial charge in [0.05, 0.1) is 16.6 Å². The van der Waals surface area contributed by atoms with E-state index in [0.29, 0.717) is 17.5 Å². The summed E-state index contributed by atoms with van der Waals surface area (Å²) < 4.78 is 9.54. The molecule has 0 aliphatic heterocycles. The minimum atomic E-state index is 0.530. The normalized spacial score (nSPS) is 11.9. The summed E-state index contributed by atoms with van der Waals surface area (Å²) in [6.45, 7) is 0. The predicted molar refractivity (Wildman–Crippen MR) is 273 cm³/mol. The summed E-state index contributed by atoms with van der Waals surface area (Å²) in [4.78, 5) is 16.0. The monoisotopic (exact) mass is 840 g/mol. The minimum Gasteiger partial charge on any atom is -0.455 e. The van der Waals surface area contributed by atoms with Gasteiger partial charge in [0.25, 0.3) is 0 Å². The second-order valence-electron chi connectivity index (χ2n) is 17.2. The van der Waals surface area contributed by atoms with Crippen molar-refractivity contribution in [3.05, 3.63) is 218 Å². The van der Waals surface area contributed by atoms with Gasteiger partial charge in [0.2, 0.25) is 0 Å². The number of furan rings is 1. The van der Waals surface area contributed by atoms with E-state index < -0.39 is 0 Å². The predicted octanol–water partition coefficient (Wildman–Crippen LogP) is 16.1. The van der Waals surface area contributed by atoms with Gasteiger partial charge in [0.15, 0.2) is 17.5 Å². The van der Waals surface area contributed by atoms with Crippen LogP contribution in [0.1, 0.15) is 0 Å². The average Bonchev–Trinajstić information content (AvgIpc) is 3.93. The Hall–Kier alpha value is -8.93. The van der Waals surface area contributed by atoms with Crippen LogP contribution in [0.3, 0.4) is 0 Å². The van der Waals surface area contributed by atoms with Crippen LogP contribution in [-0.4, -0.2) is 19.5 Å². The minimum absolute atomic E-state index is 0.530. The number of fused-ring (bicyclic) bond motifs is 12. The van der Waals surface area contributed by atoms with Crippen molar-refractivity contribution < 1.29 is 4.42 Å². The lowest BCUT2D eigenvalue weighted by Crippen LogP contribution is -2.02. The lowest BCUT2D eigenvalue weighted by Gasteiger charge is -2.13. The molecule has 11 aromatic carbocycles. The fourth-order valence-corrected chi connectivity index (χ4v) is 10.2. The first-order valence-corrected chi connectivity index (χ1v) is 22.3. The van der Waals surface area contributed by atoms with Crippen LogP contribution in [0.25, 0.3) is 138 Å². The number of nitrogens with zero attached hydrogens (tertiary/aromatic N) is 4. The third-order valence-corrected chi connectivity index (χ3v) is 13.4. The smallest absolute Gasteiger partial charge is 0.167 e. The molecule has 0 saturated heterocycles. The van der Waals surface area contributed by atoms with E-state index in [-0.39, 0.29) is 0 Å². The standard InChI is InChI=1S/C61H36N4O/c1-2-12-37(13-3-1)39-22-25-42(26-23-39)59-62-60(46-27-24-38-14-4-5-17-43(38)32-46)64-61(63-59)53-36-47(35-51-50-30-28-41-16-9-11-21-49(41)57(50)66-58(51)53)65-54-31-29-40-15-8-10-20-48(40)56(54)52-33-44-18-6-7-19-45(44)34-55(52)65/h1-36H. The van der Waals surface area contributed by atoms with Gasteiger partial charge in [-0.2, -0.15) is 0 Å². The molecule has 306 valence electrons. The van der Waals surface area contributed by atoms with E-state index in [0.717, 1.165) is 88.0 Å². The quantitative estimate of drug-likeness (QED) is 0.173. The number of rotatable bonds is 5. The molecule has 0 fully saturated rings. The highest BCUT2D eigenvalue weighted by molar-refractivity contribution is 6.24. The zero-order valence-corrected chi connectivity index (χ0v) is 35.5. The molecule has 0 aliphatic carbocycles. The Bertz CT molecular complexity index is 4280. The first-order chi connectivity index (χ1) is 32.7. The van der Waals surface area contributed by atoms with Gasteiger partial charge in [-0.05, 0) is 91.3 Å². The number of benzene rings is 11. The first-order valence-electron chi connectivity index (χ1n) is 22.3. The van der Waals surface area contributed by atoms with Crippen molar-refractivity contribution in [3.63, 3.8) is 0 Å². The molecule has 0 amide bonds. The topological polar surface area (TPSA) is 56.7 Å². The molecular formula is C61H36N4O. The number of hydrogen-bond donors (Lipinski definition) is 0. The highest BCUT2D eigenvalue weighted by Gasteiger charge is 2.23. The third kappa shape index (κ3) is 5.70. The molecule has 66 heavy (non-hydrogen) atoms. The van der Waals surface area contributed by atoms with E-state index in [2.05, 4.69) is 217 Å². The van der Waals surface area contributed by atoms with E-state index in [1.807, 2.05) is 6.07 Å². The van der Waals surface area contributed by atoms with Crippen LogP contribution in [0.2, 0.25) is 0 Å². The highest BCUT2D eigenvalue weighted by atomic mass is 16.3. The Morgan fingerprint density at radius 1 is 0.303 bits per heavy atom. The SMILES string of the molecule is c1ccc(-c2ccc(-c3nc(-c4ccc5ccccc5c4)nc(-c4cc(-n5c6cc7ccccc7cc6c6c7ccccc7ccc65)cc5c4oc4c6ccccc6ccc54)n3)cc2)cc1. The summed E-state index contributed by atoms with van der Waals surface area (Å²) >= 11 is 0. The van der Waals surface area contributed by atoms with Crippen LogP contribution in [0, 0.1) is 0 Å². The zero-order chi connectivity index (χ0) is 43.3. The fraction of sp³-hybridized carbons (Fsp3) is 0. The average molecular weight is 841 g/mol. The lowest BCUT2D eigenvalue weighted by atomic mass is 10.0. The van der Waals surface area contributed by atoms with Crippen LogP contribution >= 0.6 is 0 Å². The van der Waals surface area contributed by atoms with E-state index >= 15 is 0 Å². The molecule has 0 spiro atoms. The summed E-state index contributed by atoms with van der Waals surface area (Å²) in [5.41, 5.74) is 9.65. The third-order valence-electron chi connectivity index (χ3n) is 13.4. The molecule has 0 N–H and O–H groups in total. The molecule has 5 heteroatoms. The Balaban J connectivity index is 1.08. The Labute approximate surface area is 378 Å². The van der Waals surface area contributed by atoms with Crippen molar-refractivity contribution >= 4 is 86.8 Å². The molecule has 0 radical (unpaired) electrons. The Morgan fingerprint density at radius 2 is 0.864 bits per heavy atom. The molecule has 3 heterocycles. The molecule has 0 atom stereocenters. The van der Waals surface area contributed by atoms with Crippen LogP contribution in [0.15, 0.2) is 223 Å². The van der Waals surface area contributed by atoms with Crippen molar-refractivity contribution in [1.82, 2.24) is 19.5 Å². The maximum absolute atomic E-state index is 7.12. The summed E-state index contributed by atoms with van der Waals surface area (Å²) in [5.74, 6) is 1.70. The van der Waals surface area contributed by atoms with Gasteiger partial charge in [-0.25, -0.2) is 15.0 Å². The highest BCUT2D eigenvalue weighted by Crippen LogP contribution is 2.44. The van der Waals surface area contributed by atoms with Gasteiger partial charge < -0.3 is 8.98 Å². The van der Waals surface area contributed by atoms with E-state index in [4.69, 9.17) is 19.4 Å². The van der Waals surface area contributed by atoms with Crippen LogP contribution in [-0.2, 0) is 0 Å². The molecule has 0 unspecified atom stereocenters. The van der Waals surface area contributed by atoms with Gasteiger partial charge in [-0.15, -0.1) is 0 Å². The second-order valence-corrected chi connectivity index (χ2v) is 17.2. The molecule has 5 nitrogen and oxygen atoms in total. The number of aromatic nitrogens is 4. The number of hydrogen-bond acceptors (Lipinski definition) is 4. The van der Waals surface area contributed by atoms with Crippen LogP contribution < -0.4 is 0 Å². The van der Waals surface area contributed by atoms with Crippen molar-refractivity contribution in [2.45, 2.75) is 0 Å². The summed E-state index contributed by atoms with van der Waals surface area (Å²) in [6, 6.07) is 77.6. The van der Waals surface area contributed by atoms with Crippen LogP contribution in [0.5, 0.6) is 0 Å². The van der Waals surface area contributed by atoms with E-state index in [1.54, 1.807) is 0 Å². The summed E-state index contributed by atoms with van der Waals surface area (Å²) in [5, 5.41) is 13.7. The maximum Gasteiger partial charge on any atom is 0.167 e. The van der Waals surface area contributed by atoms with Crippen molar-refractivity contribution in [3.8, 4) is 51.0 Å². The summed E-state index contributed by atoms with van der Waals surface area (Å²) in [7, 11) is 0. The molecule has 0 bridgehead atoms. The Morgan fingerprint density at radius 3 is 1.65 bits per heavy atom. The largest absolute Gasteiger partial charge is 0.455 e. The molecule has 14 aromatic rings. The lowest BCUT2D eigenvalue weighted by molar-refractivity contribution is 0.673.